The highest BCUT2D eigenvalue weighted by Gasteiger charge is 2.35. The van der Waals surface area contributed by atoms with Crippen LogP contribution in [0.4, 0.5) is 0 Å². The number of carbonyl (C=O) groups is 1. The van der Waals surface area contributed by atoms with Gasteiger partial charge in [-0.25, -0.2) is 4.68 Å². The zero-order valence-electron chi connectivity index (χ0n) is 16.2. The van der Waals surface area contributed by atoms with Crippen LogP contribution in [0.25, 0.3) is 5.69 Å². The number of hydrogen-bond acceptors (Lipinski definition) is 3. The Bertz CT molecular complexity index is 1040. The van der Waals surface area contributed by atoms with Crippen molar-refractivity contribution >= 4 is 5.91 Å². The molecule has 0 radical (unpaired) electrons. The van der Waals surface area contributed by atoms with E-state index in [1.807, 2.05) is 27.9 Å². The maximum Gasteiger partial charge on any atom is 0.257 e. The molecule has 2 aliphatic heterocycles. The molecule has 142 valence electrons. The Kier molecular flexibility index (Phi) is 3.97. The number of carbonyl (C=O) groups excluding carboxylic acids is 1. The van der Waals surface area contributed by atoms with Crippen molar-refractivity contribution in [2.24, 2.45) is 0 Å². The smallest absolute Gasteiger partial charge is 0.257 e. The Morgan fingerprint density at radius 2 is 2.00 bits per heavy atom. The second-order valence-electron chi connectivity index (χ2n) is 7.74. The first kappa shape index (κ1) is 17.0. The first-order chi connectivity index (χ1) is 13.6. The quantitative estimate of drug-likeness (QED) is 0.704. The Hall–Kier alpha value is -3.08. The summed E-state index contributed by atoms with van der Waals surface area (Å²) in [7, 11) is 0. The molecule has 0 saturated carbocycles. The van der Waals surface area contributed by atoms with Gasteiger partial charge in [0, 0.05) is 25.4 Å². The van der Waals surface area contributed by atoms with Crippen LogP contribution in [0.15, 0.2) is 48.8 Å². The zero-order chi connectivity index (χ0) is 19.3. The molecule has 2 bridgehead atoms. The molecule has 1 amide bonds. The summed E-state index contributed by atoms with van der Waals surface area (Å²) in [6.45, 7) is 5.69. The van der Waals surface area contributed by atoms with Gasteiger partial charge in [0.2, 0.25) is 0 Å². The molecule has 0 N–H and O–H groups in total. The summed E-state index contributed by atoms with van der Waals surface area (Å²) in [4.78, 5) is 14.9. The lowest BCUT2D eigenvalue weighted by molar-refractivity contribution is 0.0792. The summed E-state index contributed by atoms with van der Waals surface area (Å²) in [5.74, 6) is 0.890. The highest BCUT2D eigenvalue weighted by atomic mass is 16.5. The minimum Gasteiger partial charge on any atom is -0.487 e. The van der Waals surface area contributed by atoms with Crippen LogP contribution < -0.4 is 4.74 Å². The largest absolute Gasteiger partial charge is 0.487 e. The molecule has 1 fully saturated rings. The maximum atomic E-state index is 13.0. The van der Waals surface area contributed by atoms with Gasteiger partial charge in [0.05, 0.1) is 17.8 Å². The molecule has 5 rings (SSSR count). The molecule has 2 aliphatic rings. The van der Waals surface area contributed by atoms with Gasteiger partial charge in [-0.3, -0.25) is 4.79 Å². The van der Waals surface area contributed by atoms with Crippen molar-refractivity contribution in [3.8, 4) is 11.4 Å². The van der Waals surface area contributed by atoms with Crippen molar-refractivity contribution in [2.75, 3.05) is 13.1 Å². The van der Waals surface area contributed by atoms with Gasteiger partial charge in [0.25, 0.3) is 5.91 Å². The summed E-state index contributed by atoms with van der Waals surface area (Å²) in [5, 5.41) is 4.27. The third-order valence-electron chi connectivity index (χ3n) is 5.99. The molecule has 5 heteroatoms. The number of amides is 1. The van der Waals surface area contributed by atoms with Gasteiger partial charge in [0.1, 0.15) is 11.9 Å². The summed E-state index contributed by atoms with van der Waals surface area (Å²) in [5.41, 5.74) is 6.43. The fourth-order valence-corrected chi connectivity index (χ4v) is 4.21. The van der Waals surface area contributed by atoms with Gasteiger partial charge in [-0.2, -0.15) is 5.10 Å². The lowest BCUT2D eigenvalue weighted by Gasteiger charge is -2.21. The SMILES string of the molecule is Cc1c(Cc2ccc(-n3cccn3)cc2)cc2c(c1C)O[C@H]1CCN(C1)C2=O. The third-order valence-corrected chi connectivity index (χ3v) is 5.99. The van der Waals surface area contributed by atoms with Crippen molar-refractivity contribution in [2.45, 2.75) is 32.8 Å². The second kappa shape index (κ2) is 6.51. The van der Waals surface area contributed by atoms with E-state index in [-0.39, 0.29) is 12.0 Å². The average molecular weight is 373 g/mol. The van der Waals surface area contributed by atoms with Gasteiger partial charge in [0.15, 0.2) is 0 Å². The number of benzene rings is 2. The molecule has 1 aromatic heterocycles. The van der Waals surface area contributed by atoms with E-state index in [1.54, 1.807) is 6.20 Å². The predicted octanol–water partition coefficient (Wildman–Crippen LogP) is 3.69. The monoisotopic (exact) mass is 373 g/mol. The van der Waals surface area contributed by atoms with Gasteiger partial charge in [-0.05, 0) is 66.8 Å². The Balaban J connectivity index is 1.48. The first-order valence-corrected chi connectivity index (χ1v) is 9.78. The highest BCUT2D eigenvalue weighted by molar-refractivity contribution is 5.98. The summed E-state index contributed by atoms with van der Waals surface area (Å²) < 4.78 is 8.07. The standard InChI is InChI=1S/C23H23N3O2/c1-15-16(2)22-21(23(27)25-11-8-20(14-25)28-22)13-18(15)12-17-4-6-19(7-5-17)26-10-3-9-24-26/h3-7,9-10,13,20H,8,11-12,14H2,1-2H3/t20-/m0/s1. The van der Waals surface area contributed by atoms with Gasteiger partial charge < -0.3 is 9.64 Å². The molecule has 3 heterocycles. The van der Waals surface area contributed by atoms with Crippen LogP contribution in [-0.4, -0.2) is 39.8 Å². The third kappa shape index (κ3) is 2.78. The average Bonchev–Trinajstić information content (AvgIpc) is 3.37. The minimum absolute atomic E-state index is 0.105. The van der Waals surface area contributed by atoms with Gasteiger partial charge in [-0.1, -0.05) is 12.1 Å². The van der Waals surface area contributed by atoms with E-state index in [0.717, 1.165) is 36.4 Å². The van der Waals surface area contributed by atoms with Crippen LogP contribution in [0.1, 0.15) is 39.0 Å². The molecule has 3 aromatic rings. The van der Waals surface area contributed by atoms with Crippen LogP contribution in [0.2, 0.25) is 0 Å². The van der Waals surface area contributed by atoms with E-state index < -0.39 is 0 Å². The normalized spacial score (nSPS) is 18.0. The lowest BCUT2D eigenvalue weighted by atomic mass is 9.93. The van der Waals surface area contributed by atoms with Crippen LogP contribution in [-0.2, 0) is 6.42 Å². The van der Waals surface area contributed by atoms with E-state index >= 15 is 0 Å². The molecule has 28 heavy (non-hydrogen) atoms. The van der Waals surface area contributed by atoms with E-state index in [0.29, 0.717) is 12.1 Å². The maximum absolute atomic E-state index is 13.0. The zero-order valence-corrected chi connectivity index (χ0v) is 16.2. The van der Waals surface area contributed by atoms with Crippen LogP contribution in [0, 0.1) is 13.8 Å². The summed E-state index contributed by atoms with van der Waals surface area (Å²) >= 11 is 0. The fourth-order valence-electron chi connectivity index (χ4n) is 4.21. The van der Waals surface area contributed by atoms with Crippen molar-refractivity contribution in [1.29, 1.82) is 0 Å². The molecule has 1 atom stereocenters. The number of hydrogen-bond donors (Lipinski definition) is 0. The number of rotatable bonds is 3. The predicted molar refractivity (Wildman–Crippen MR) is 107 cm³/mol. The molecule has 0 unspecified atom stereocenters. The lowest BCUT2D eigenvalue weighted by Crippen LogP contribution is -2.28. The molecule has 2 aromatic carbocycles. The van der Waals surface area contributed by atoms with Crippen molar-refractivity contribution in [3.63, 3.8) is 0 Å². The Labute approximate surface area is 164 Å². The number of fused-ring (bicyclic) bond motifs is 3. The van der Waals surface area contributed by atoms with Gasteiger partial charge >= 0.3 is 0 Å². The van der Waals surface area contributed by atoms with Crippen molar-refractivity contribution < 1.29 is 9.53 Å². The first-order valence-electron chi connectivity index (χ1n) is 9.78. The Morgan fingerprint density at radius 3 is 2.75 bits per heavy atom. The summed E-state index contributed by atoms with van der Waals surface area (Å²) in [6.07, 6.45) is 5.55. The van der Waals surface area contributed by atoms with E-state index in [2.05, 4.69) is 43.2 Å². The molecule has 1 saturated heterocycles. The number of aromatic nitrogens is 2. The minimum atomic E-state index is 0.105. The highest BCUT2D eigenvalue weighted by Crippen LogP contribution is 2.36. The topological polar surface area (TPSA) is 47.4 Å². The number of nitrogens with zero attached hydrogens (tertiary/aromatic N) is 3. The second-order valence-corrected chi connectivity index (χ2v) is 7.74. The number of ether oxygens (including phenoxy) is 1. The van der Waals surface area contributed by atoms with Crippen molar-refractivity contribution in [1.82, 2.24) is 14.7 Å². The van der Waals surface area contributed by atoms with E-state index in [9.17, 15) is 4.79 Å². The molecular weight excluding hydrogens is 350 g/mol. The fraction of sp³-hybridized carbons (Fsp3) is 0.304. The van der Waals surface area contributed by atoms with Crippen LogP contribution in [0.5, 0.6) is 5.75 Å². The van der Waals surface area contributed by atoms with Crippen LogP contribution >= 0.6 is 0 Å². The molecule has 0 spiro atoms. The molecule has 5 nitrogen and oxygen atoms in total. The Morgan fingerprint density at radius 1 is 1.18 bits per heavy atom. The molecule has 0 aliphatic carbocycles. The van der Waals surface area contributed by atoms with Crippen LogP contribution in [0.3, 0.4) is 0 Å². The summed E-state index contributed by atoms with van der Waals surface area (Å²) in [6, 6.07) is 12.4. The molecular formula is C23H23N3O2. The van der Waals surface area contributed by atoms with Crippen molar-refractivity contribution in [3.05, 3.63) is 76.6 Å². The van der Waals surface area contributed by atoms with Gasteiger partial charge in [-0.15, -0.1) is 0 Å². The van der Waals surface area contributed by atoms with E-state index in [1.165, 1.54) is 16.7 Å². The van der Waals surface area contributed by atoms with E-state index in [4.69, 9.17) is 4.74 Å².